The molecule has 0 saturated heterocycles. The Hall–Kier alpha value is -2.95. The van der Waals surface area contributed by atoms with Gasteiger partial charge in [0.1, 0.15) is 11.9 Å². The molecule has 0 bridgehead atoms. The summed E-state index contributed by atoms with van der Waals surface area (Å²) in [6, 6.07) is 8.46. The highest BCUT2D eigenvalue weighted by Crippen LogP contribution is 2.33. The number of carbonyl (C=O) groups is 1. The zero-order valence-electron chi connectivity index (χ0n) is 17.8. The number of amides is 1. The van der Waals surface area contributed by atoms with Crippen molar-refractivity contribution in [2.24, 2.45) is 5.92 Å². The summed E-state index contributed by atoms with van der Waals surface area (Å²) in [5.74, 6) is -2.09. The van der Waals surface area contributed by atoms with Crippen molar-refractivity contribution in [1.29, 1.82) is 10.5 Å². The maximum absolute atomic E-state index is 14.2. The van der Waals surface area contributed by atoms with Crippen LogP contribution in [-0.4, -0.2) is 24.2 Å². The first kappa shape index (κ1) is 26.3. The Labute approximate surface area is 197 Å². The van der Waals surface area contributed by atoms with E-state index in [1.807, 2.05) is 11.4 Å². The van der Waals surface area contributed by atoms with Crippen LogP contribution in [0.4, 0.5) is 17.6 Å². The number of rotatable bonds is 8. The molecule has 5 nitrogen and oxygen atoms in total. The second-order valence-electron chi connectivity index (χ2n) is 7.73. The van der Waals surface area contributed by atoms with E-state index >= 15 is 0 Å². The lowest BCUT2D eigenvalue weighted by Crippen LogP contribution is -2.53. The van der Waals surface area contributed by atoms with Gasteiger partial charge in [0.25, 0.3) is 0 Å². The van der Waals surface area contributed by atoms with E-state index in [4.69, 9.17) is 5.26 Å². The minimum atomic E-state index is -4.74. The maximum Gasteiger partial charge on any atom is 0.412 e. The molecule has 0 saturated carbocycles. The Kier molecular flexibility index (Phi) is 8.98. The van der Waals surface area contributed by atoms with Gasteiger partial charge in [0.15, 0.2) is 6.04 Å². The van der Waals surface area contributed by atoms with Gasteiger partial charge in [-0.15, -0.1) is 0 Å². The predicted molar refractivity (Wildman–Crippen MR) is 117 cm³/mol. The standard InChI is InChI=1S/C23H21BrF4N4O/c1-13(2)20(31-18(12-30)10-16-4-3-14(11-29)9-19(16)25)22(33)32-21(23(26,27)28)15-5-7-17(24)8-6-15/h3-9,13,18,20-21,31H,10H2,1-2H3,(H,32,33)/t18-,20-,21-/m0/s1. The fraction of sp³-hybridized carbons (Fsp3) is 0.348. The van der Waals surface area contributed by atoms with Crippen molar-refractivity contribution in [3.05, 3.63) is 69.4 Å². The first-order valence-corrected chi connectivity index (χ1v) is 10.7. The smallest absolute Gasteiger partial charge is 0.339 e. The highest BCUT2D eigenvalue weighted by atomic mass is 79.9. The van der Waals surface area contributed by atoms with E-state index in [0.29, 0.717) is 4.47 Å². The lowest BCUT2D eigenvalue weighted by molar-refractivity contribution is -0.164. The number of hydrogen-bond acceptors (Lipinski definition) is 4. The van der Waals surface area contributed by atoms with Gasteiger partial charge in [-0.05, 0) is 41.3 Å². The fourth-order valence-corrected chi connectivity index (χ4v) is 3.44. The van der Waals surface area contributed by atoms with Gasteiger partial charge in [0, 0.05) is 10.9 Å². The van der Waals surface area contributed by atoms with Gasteiger partial charge in [-0.1, -0.05) is 48.0 Å². The number of nitrogens with one attached hydrogen (secondary N) is 2. The Bertz CT molecular complexity index is 1060. The van der Waals surface area contributed by atoms with Crippen LogP contribution in [0.3, 0.4) is 0 Å². The largest absolute Gasteiger partial charge is 0.412 e. The van der Waals surface area contributed by atoms with Gasteiger partial charge in [-0.25, -0.2) is 4.39 Å². The van der Waals surface area contributed by atoms with E-state index in [1.165, 1.54) is 36.4 Å². The number of hydrogen-bond donors (Lipinski definition) is 2. The summed E-state index contributed by atoms with van der Waals surface area (Å²) in [5, 5.41) is 23.1. The van der Waals surface area contributed by atoms with Crippen LogP contribution in [0, 0.1) is 34.4 Å². The molecule has 10 heteroatoms. The lowest BCUT2D eigenvalue weighted by atomic mass is 9.98. The molecule has 174 valence electrons. The van der Waals surface area contributed by atoms with Crippen molar-refractivity contribution >= 4 is 21.8 Å². The summed E-state index contributed by atoms with van der Waals surface area (Å²) in [5.41, 5.74) is 0.111. The monoisotopic (exact) mass is 524 g/mol. The second kappa shape index (κ2) is 11.3. The number of halogens is 5. The van der Waals surface area contributed by atoms with E-state index in [9.17, 15) is 27.6 Å². The molecule has 3 atom stereocenters. The zero-order chi connectivity index (χ0) is 24.8. The second-order valence-corrected chi connectivity index (χ2v) is 8.64. The van der Waals surface area contributed by atoms with Crippen molar-refractivity contribution in [1.82, 2.24) is 10.6 Å². The van der Waals surface area contributed by atoms with Gasteiger partial charge in [-0.2, -0.15) is 23.7 Å². The maximum atomic E-state index is 14.2. The molecule has 2 N–H and O–H groups in total. The molecule has 0 heterocycles. The van der Waals surface area contributed by atoms with Crippen LogP contribution in [0.5, 0.6) is 0 Å². The summed E-state index contributed by atoms with van der Waals surface area (Å²) in [6.45, 7) is 3.24. The molecule has 33 heavy (non-hydrogen) atoms. The van der Waals surface area contributed by atoms with Crippen molar-refractivity contribution in [2.75, 3.05) is 0 Å². The molecular weight excluding hydrogens is 504 g/mol. The van der Waals surface area contributed by atoms with E-state index < -0.39 is 41.9 Å². The van der Waals surface area contributed by atoms with Crippen molar-refractivity contribution in [3.63, 3.8) is 0 Å². The molecule has 0 fully saturated rings. The number of carbonyl (C=O) groups excluding carboxylic acids is 1. The molecule has 2 rings (SSSR count). The summed E-state index contributed by atoms with van der Waals surface area (Å²) < 4.78 is 55.9. The summed E-state index contributed by atoms with van der Waals surface area (Å²) in [4.78, 5) is 12.8. The normalized spacial score (nSPS) is 14.1. The molecule has 2 aromatic carbocycles. The molecule has 0 unspecified atom stereocenters. The molecule has 1 amide bonds. The molecule has 2 aromatic rings. The minimum Gasteiger partial charge on any atom is -0.339 e. The first-order chi connectivity index (χ1) is 15.5. The number of alkyl halides is 3. The topological polar surface area (TPSA) is 88.7 Å². The van der Waals surface area contributed by atoms with Crippen LogP contribution in [0.25, 0.3) is 0 Å². The Morgan fingerprint density at radius 1 is 1.12 bits per heavy atom. The first-order valence-electron chi connectivity index (χ1n) is 9.93. The van der Waals surface area contributed by atoms with Crippen LogP contribution < -0.4 is 10.6 Å². The molecule has 0 aromatic heterocycles. The van der Waals surface area contributed by atoms with E-state index in [1.54, 1.807) is 19.9 Å². The van der Waals surface area contributed by atoms with Gasteiger partial charge >= 0.3 is 6.18 Å². The number of nitrogens with zero attached hydrogens (tertiary/aromatic N) is 2. The van der Waals surface area contributed by atoms with Gasteiger partial charge < -0.3 is 5.32 Å². The average molecular weight is 525 g/mol. The quantitative estimate of drug-likeness (QED) is 0.479. The molecule has 0 radical (unpaired) electrons. The zero-order valence-corrected chi connectivity index (χ0v) is 19.3. The van der Waals surface area contributed by atoms with Gasteiger partial charge in [0.05, 0.1) is 23.7 Å². The molecule has 0 aliphatic heterocycles. The van der Waals surface area contributed by atoms with Crippen molar-refractivity contribution < 1.29 is 22.4 Å². The van der Waals surface area contributed by atoms with Crippen LogP contribution in [0.15, 0.2) is 46.9 Å². The van der Waals surface area contributed by atoms with Gasteiger partial charge in [-0.3, -0.25) is 10.1 Å². The Morgan fingerprint density at radius 2 is 1.76 bits per heavy atom. The third-order valence-corrected chi connectivity index (χ3v) is 5.44. The minimum absolute atomic E-state index is 0.114. The fourth-order valence-electron chi connectivity index (χ4n) is 3.17. The SMILES string of the molecule is CC(C)[C@H](N[C@H](C#N)Cc1ccc(C#N)cc1F)C(=O)N[C@@H](c1ccc(Br)cc1)C(F)(F)F. The van der Waals surface area contributed by atoms with Crippen LogP contribution in [0.1, 0.15) is 36.6 Å². The molecular formula is C23H21BrF4N4O. The van der Waals surface area contributed by atoms with Crippen molar-refractivity contribution in [3.8, 4) is 12.1 Å². The van der Waals surface area contributed by atoms with Crippen LogP contribution in [-0.2, 0) is 11.2 Å². The van der Waals surface area contributed by atoms with Crippen molar-refractivity contribution in [2.45, 2.75) is 44.6 Å². The molecule has 0 aliphatic carbocycles. The molecule has 0 spiro atoms. The van der Waals surface area contributed by atoms with E-state index in [0.717, 1.165) is 6.07 Å². The lowest BCUT2D eigenvalue weighted by Gasteiger charge is -2.28. The average Bonchev–Trinajstić information content (AvgIpc) is 2.75. The Balaban J connectivity index is 2.21. The Morgan fingerprint density at radius 3 is 2.24 bits per heavy atom. The third kappa shape index (κ3) is 7.28. The third-order valence-electron chi connectivity index (χ3n) is 4.91. The predicted octanol–water partition coefficient (Wildman–Crippen LogP) is 4.93. The van der Waals surface area contributed by atoms with Crippen LogP contribution >= 0.6 is 15.9 Å². The summed E-state index contributed by atoms with van der Waals surface area (Å²) in [6.07, 6.45) is -4.88. The van der Waals surface area contributed by atoms with E-state index in [-0.39, 0.29) is 23.1 Å². The molecule has 0 aliphatic rings. The van der Waals surface area contributed by atoms with Gasteiger partial charge in [0.2, 0.25) is 5.91 Å². The summed E-state index contributed by atoms with van der Waals surface area (Å²) in [7, 11) is 0. The summed E-state index contributed by atoms with van der Waals surface area (Å²) >= 11 is 3.16. The highest BCUT2D eigenvalue weighted by molar-refractivity contribution is 9.10. The number of benzene rings is 2. The van der Waals surface area contributed by atoms with Crippen LogP contribution in [0.2, 0.25) is 0 Å². The number of nitriles is 2. The highest BCUT2D eigenvalue weighted by Gasteiger charge is 2.43. The van der Waals surface area contributed by atoms with E-state index in [2.05, 4.69) is 21.2 Å².